The van der Waals surface area contributed by atoms with Crippen LogP contribution in [0.3, 0.4) is 0 Å². The zero-order valence-corrected chi connectivity index (χ0v) is 12.1. The molecule has 4 aliphatic rings. The maximum atomic E-state index is 12.8. The summed E-state index contributed by atoms with van der Waals surface area (Å²) in [5.41, 5.74) is 0.159. The molecule has 1 saturated heterocycles. The molecule has 0 radical (unpaired) electrons. The predicted octanol–water partition coefficient (Wildman–Crippen LogP) is 2.28. The first-order valence-corrected chi connectivity index (χ1v) is 7.66. The third-order valence-corrected chi connectivity index (χ3v) is 5.38. The number of fused-ring (bicyclic) bond motifs is 1. The van der Waals surface area contributed by atoms with Gasteiger partial charge in [-0.1, -0.05) is 42.5 Å². The van der Waals surface area contributed by atoms with Gasteiger partial charge in [-0.3, -0.25) is 14.5 Å². The van der Waals surface area contributed by atoms with E-state index in [1.165, 1.54) is 4.90 Å². The summed E-state index contributed by atoms with van der Waals surface area (Å²) < 4.78 is 0. The molecule has 4 unspecified atom stereocenters. The first kappa shape index (κ1) is 13.3. The summed E-state index contributed by atoms with van der Waals surface area (Å²) in [6.07, 6.45) is 5.36. The molecule has 1 aliphatic heterocycles. The van der Waals surface area contributed by atoms with E-state index in [-0.39, 0.29) is 23.7 Å². The minimum atomic E-state index is -0.780. The molecule has 4 atom stereocenters. The van der Waals surface area contributed by atoms with E-state index in [1.807, 2.05) is 42.5 Å². The van der Waals surface area contributed by atoms with Crippen molar-refractivity contribution in [3.63, 3.8) is 0 Å². The normalized spacial score (nSPS) is 35.6. The molecule has 5 rings (SSSR count). The van der Waals surface area contributed by atoms with Gasteiger partial charge in [0.1, 0.15) is 0 Å². The highest BCUT2D eigenvalue weighted by Gasteiger charge is 2.62. The molecule has 1 heterocycles. The van der Waals surface area contributed by atoms with Crippen molar-refractivity contribution in [2.45, 2.75) is 19.4 Å². The summed E-state index contributed by atoms with van der Waals surface area (Å²) in [7, 11) is 0. The molecule has 4 heteroatoms. The average Bonchev–Trinajstić information content (AvgIpc) is 2.84. The van der Waals surface area contributed by atoms with E-state index < -0.39 is 11.3 Å². The SMILES string of the molecule is N#CC12C=CC(CC1)C1C(=O)N(Cc3ccccc3)C(=O)C12. The number of amides is 2. The number of carbonyl (C=O) groups is 2. The van der Waals surface area contributed by atoms with Gasteiger partial charge >= 0.3 is 0 Å². The predicted molar refractivity (Wildman–Crippen MR) is 78.9 cm³/mol. The van der Waals surface area contributed by atoms with Crippen LogP contribution in [0.25, 0.3) is 0 Å². The van der Waals surface area contributed by atoms with Gasteiger partial charge in [-0.25, -0.2) is 0 Å². The highest BCUT2D eigenvalue weighted by atomic mass is 16.2. The van der Waals surface area contributed by atoms with Crippen molar-refractivity contribution in [2.75, 3.05) is 0 Å². The number of carbonyl (C=O) groups excluding carboxylic acids is 2. The van der Waals surface area contributed by atoms with E-state index in [9.17, 15) is 14.9 Å². The van der Waals surface area contributed by atoms with E-state index in [0.717, 1.165) is 12.0 Å². The Bertz CT molecular complexity index is 718. The fourth-order valence-corrected chi connectivity index (χ4v) is 4.25. The molecule has 4 nitrogen and oxygen atoms in total. The Morgan fingerprint density at radius 1 is 1.23 bits per heavy atom. The van der Waals surface area contributed by atoms with Gasteiger partial charge in [0.05, 0.1) is 29.9 Å². The molecule has 3 aliphatic carbocycles. The Morgan fingerprint density at radius 3 is 2.64 bits per heavy atom. The Morgan fingerprint density at radius 2 is 2.00 bits per heavy atom. The lowest BCUT2D eigenvalue weighted by atomic mass is 9.55. The highest BCUT2D eigenvalue weighted by molar-refractivity contribution is 6.06. The molecule has 2 fully saturated rings. The number of benzene rings is 1. The van der Waals surface area contributed by atoms with Crippen molar-refractivity contribution in [1.29, 1.82) is 5.26 Å². The molecule has 2 bridgehead atoms. The lowest BCUT2D eigenvalue weighted by Crippen LogP contribution is -2.46. The molecule has 1 saturated carbocycles. The summed E-state index contributed by atoms with van der Waals surface area (Å²) in [6, 6.07) is 11.9. The minimum Gasteiger partial charge on any atom is -0.278 e. The molecule has 0 spiro atoms. The number of nitrogens with zero attached hydrogens (tertiary/aromatic N) is 2. The van der Waals surface area contributed by atoms with Crippen LogP contribution in [-0.4, -0.2) is 16.7 Å². The molecule has 22 heavy (non-hydrogen) atoms. The molecular formula is C18H16N2O2. The number of imide groups is 1. The molecular weight excluding hydrogens is 276 g/mol. The number of nitriles is 1. The van der Waals surface area contributed by atoms with Crippen molar-refractivity contribution in [1.82, 2.24) is 4.90 Å². The lowest BCUT2D eigenvalue weighted by molar-refractivity contribution is -0.141. The fraction of sp³-hybridized carbons (Fsp3) is 0.389. The van der Waals surface area contributed by atoms with Gasteiger partial charge < -0.3 is 0 Å². The van der Waals surface area contributed by atoms with Crippen LogP contribution >= 0.6 is 0 Å². The van der Waals surface area contributed by atoms with Crippen molar-refractivity contribution in [3.05, 3.63) is 48.0 Å². The number of rotatable bonds is 2. The van der Waals surface area contributed by atoms with Crippen LogP contribution in [0.4, 0.5) is 0 Å². The molecule has 2 amide bonds. The summed E-state index contributed by atoms with van der Waals surface area (Å²) in [4.78, 5) is 27.0. The first-order valence-electron chi connectivity index (χ1n) is 7.66. The number of likely N-dealkylation sites (tertiary alicyclic amines) is 1. The van der Waals surface area contributed by atoms with E-state index in [1.54, 1.807) is 0 Å². The Kier molecular flexibility index (Phi) is 2.74. The Balaban J connectivity index is 1.70. The molecule has 1 aromatic carbocycles. The van der Waals surface area contributed by atoms with Gasteiger partial charge in [-0.05, 0) is 24.3 Å². The van der Waals surface area contributed by atoms with Gasteiger partial charge in [0.15, 0.2) is 0 Å². The van der Waals surface area contributed by atoms with Crippen LogP contribution in [0.2, 0.25) is 0 Å². The summed E-state index contributed by atoms with van der Waals surface area (Å²) in [6.45, 7) is 0.305. The first-order chi connectivity index (χ1) is 10.7. The highest BCUT2D eigenvalue weighted by Crippen LogP contribution is 2.56. The molecule has 110 valence electrons. The largest absolute Gasteiger partial charge is 0.278 e. The summed E-state index contributed by atoms with van der Waals surface area (Å²) >= 11 is 0. The van der Waals surface area contributed by atoms with Crippen LogP contribution in [0, 0.1) is 34.5 Å². The topological polar surface area (TPSA) is 61.2 Å². The second-order valence-corrected chi connectivity index (χ2v) is 6.47. The average molecular weight is 292 g/mol. The fourth-order valence-electron chi connectivity index (χ4n) is 4.25. The van der Waals surface area contributed by atoms with E-state index >= 15 is 0 Å². The second-order valence-electron chi connectivity index (χ2n) is 6.47. The van der Waals surface area contributed by atoms with E-state index in [0.29, 0.717) is 13.0 Å². The van der Waals surface area contributed by atoms with Gasteiger partial charge in [-0.2, -0.15) is 5.26 Å². The van der Waals surface area contributed by atoms with Crippen LogP contribution < -0.4 is 0 Å². The third kappa shape index (κ3) is 1.62. The quantitative estimate of drug-likeness (QED) is 0.620. The monoisotopic (exact) mass is 292 g/mol. The maximum absolute atomic E-state index is 12.8. The number of hydrogen-bond donors (Lipinski definition) is 0. The third-order valence-electron chi connectivity index (χ3n) is 5.38. The Hall–Kier alpha value is -2.41. The van der Waals surface area contributed by atoms with Crippen LogP contribution in [-0.2, 0) is 16.1 Å². The smallest absolute Gasteiger partial charge is 0.235 e. The van der Waals surface area contributed by atoms with E-state index in [4.69, 9.17) is 0 Å². The molecule has 0 N–H and O–H groups in total. The van der Waals surface area contributed by atoms with Crippen molar-refractivity contribution in [2.24, 2.45) is 23.2 Å². The van der Waals surface area contributed by atoms with Gasteiger partial charge in [0, 0.05) is 0 Å². The summed E-state index contributed by atoms with van der Waals surface area (Å²) in [5, 5.41) is 9.61. The minimum absolute atomic E-state index is 0.104. The maximum Gasteiger partial charge on any atom is 0.235 e. The molecule has 0 aromatic heterocycles. The van der Waals surface area contributed by atoms with Crippen LogP contribution in [0.1, 0.15) is 18.4 Å². The van der Waals surface area contributed by atoms with Crippen molar-refractivity contribution >= 4 is 11.8 Å². The Labute approximate surface area is 129 Å². The van der Waals surface area contributed by atoms with E-state index in [2.05, 4.69) is 6.07 Å². The van der Waals surface area contributed by atoms with Gasteiger partial charge in [-0.15, -0.1) is 0 Å². The van der Waals surface area contributed by atoms with Crippen LogP contribution in [0.15, 0.2) is 42.5 Å². The standard InChI is InChI=1S/C18H16N2O2/c19-11-18-8-6-13(7-9-18)14-15(18)17(22)20(16(14)21)10-12-4-2-1-3-5-12/h1-6,8,13-15H,7,9-10H2. The van der Waals surface area contributed by atoms with Crippen molar-refractivity contribution in [3.8, 4) is 6.07 Å². The van der Waals surface area contributed by atoms with Crippen LogP contribution in [0.5, 0.6) is 0 Å². The van der Waals surface area contributed by atoms with Gasteiger partial charge in [0.2, 0.25) is 11.8 Å². The number of allylic oxidation sites excluding steroid dienone is 2. The summed E-state index contributed by atoms with van der Waals surface area (Å²) in [5.74, 6) is -0.994. The zero-order chi connectivity index (χ0) is 15.3. The van der Waals surface area contributed by atoms with Crippen molar-refractivity contribution < 1.29 is 9.59 Å². The number of hydrogen-bond acceptors (Lipinski definition) is 3. The van der Waals surface area contributed by atoms with Gasteiger partial charge in [0.25, 0.3) is 0 Å². The lowest BCUT2D eigenvalue weighted by Gasteiger charge is -2.43. The molecule has 1 aromatic rings. The zero-order valence-electron chi connectivity index (χ0n) is 12.1. The second kappa shape index (κ2) is 4.54.